The van der Waals surface area contributed by atoms with Crippen molar-refractivity contribution in [2.75, 3.05) is 11.9 Å². The summed E-state index contributed by atoms with van der Waals surface area (Å²) in [6.45, 7) is 7.21. The molecule has 0 radical (unpaired) electrons. The fraction of sp³-hybridized carbons (Fsp3) is 0.467. The normalized spacial score (nSPS) is 18.2. The molecule has 4 heteroatoms. The third-order valence-electron chi connectivity index (χ3n) is 3.50. The lowest BCUT2D eigenvalue weighted by Gasteiger charge is -2.11. The van der Waals surface area contributed by atoms with Crippen molar-refractivity contribution < 1.29 is 4.52 Å². The number of nitrogens with zero attached hydrogens (tertiary/aromatic N) is 2. The maximum Gasteiger partial charge on any atom is 0.227 e. The van der Waals surface area contributed by atoms with E-state index in [9.17, 15) is 0 Å². The molecule has 1 aromatic carbocycles. The number of fused-ring (bicyclic) bond motifs is 1. The standard InChI is InChI=1S/C15H19N3O/c1-15(2,3)14-17-13(19-18-14)8-10-9-16-12-7-5-4-6-11(10)12/h4-7,10,16H,8-9H2,1-3H3. The van der Waals surface area contributed by atoms with Crippen LogP contribution in [0.3, 0.4) is 0 Å². The predicted molar refractivity (Wildman–Crippen MR) is 74.4 cm³/mol. The second kappa shape index (κ2) is 4.37. The van der Waals surface area contributed by atoms with E-state index >= 15 is 0 Å². The molecule has 0 amide bonds. The van der Waals surface area contributed by atoms with Crippen LogP contribution < -0.4 is 5.32 Å². The molecule has 0 saturated carbocycles. The monoisotopic (exact) mass is 257 g/mol. The van der Waals surface area contributed by atoms with Gasteiger partial charge in [-0.2, -0.15) is 4.98 Å². The fourth-order valence-electron chi connectivity index (χ4n) is 2.39. The summed E-state index contributed by atoms with van der Waals surface area (Å²) in [6, 6.07) is 8.41. The number of hydrogen-bond acceptors (Lipinski definition) is 4. The third kappa shape index (κ3) is 2.35. The highest BCUT2D eigenvalue weighted by molar-refractivity contribution is 5.57. The molecular weight excluding hydrogens is 238 g/mol. The molecule has 1 aliphatic heterocycles. The zero-order valence-corrected chi connectivity index (χ0v) is 11.6. The van der Waals surface area contributed by atoms with Crippen LogP contribution in [0, 0.1) is 0 Å². The zero-order chi connectivity index (χ0) is 13.5. The lowest BCUT2D eigenvalue weighted by molar-refractivity contribution is 0.357. The second-order valence-electron chi connectivity index (χ2n) is 6.13. The first-order chi connectivity index (χ1) is 9.04. The number of benzene rings is 1. The van der Waals surface area contributed by atoms with Crippen LogP contribution in [-0.4, -0.2) is 16.7 Å². The first-order valence-electron chi connectivity index (χ1n) is 6.70. The molecule has 3 rings (SSSR count). The summed E-state index contributed by atoms with van der Waals surface area (Å²) in [4.78, 5) is 4.51. The van der Waals surface area contributed by atoms with Crippen LogP contribution in [0.1, 0.15) is 44.0 Å². The largest absolute Gasteiger partial charge is 0.384 e. The van der Waals surface area contributed by atoms with E-state index in [4.69, 9.17) is 4.52 Å². The molecular formula is C15H19N3O. The van der Waals surface area contributed by atoms with Crippen molar-refractivity contribution in [2.45, 2.75) is 38.5 Å². The Morgan fingerprint density at radius 2 is 2.11 bits per heavy atom. The molecule has 0 fully saturated rings. The van der Waals surface area contributed by atoms with Crippen LogP contribution in [-0.2, 0) is 11.8 Å². The Labute approximate surface area is 113 Å². The topological polar surface area (TPSA) is 51.0 Å². The SMILES string of the molecule is CC(C)(C)c1noc(CC2CNc3ccccc32)n1. The summed E-state index contributed by atoms with van der Waals surface area (Å²) in [5.41, 5.74) is 2.51. The smallest absolute Gasteiger partial charge is 0.227 e. The van der Waals surface area contributed by atoms with E-state index in [-0.39, 0.29) is 5.41 Å². The van der Waals surface area contributed by atoms with Crippen molar-refractivity contribution in [1.82, 2.24) is 10.1 Å². The van der Waals surface area contributed by atoms with Crippen molar-refractivity contribution in [2.24, 2.45) is 0 Å². The molecule has 1 unspecified atom stereocenters. The summed E-state index contributed by atoms with van der Waals surface area (Å²) >= 11 is 0. The maximum atomic E-state index is 5.38. The third-order valence-corrected chi connectivity index (χ3v) is 3.50. The van der Waals surface area contributed by atoms with E-state index < -0.39 is 0 Å². The van der Waals surface area contributed by atoms with Crippen molar-refractivity contribution in [3.05, 3.63) is 41.5 Å². The summed E-state index contributed by atoms with van der Waals surface area (Å²) in [5.74, 6) is 1.93. The molecule has 2 aromatic rings. The molecule has 4 nitrogen and oxygen atoms in total. The number of nitrogens with one attached hydrogen (secondary N) is 1. The Balaban J connectivity index is 1.78. The highest BCUT2D eigenvalue weighted by atomic mass is 16.5. The number of para-hydroxylation sites is 1. The van der Waals surface area contributed by atoms with Gasteiger partial charge >= 0.3 is 0 Å². The Bertz CT molecular complexity index is 583. The maximum absolute atomic E-state index is 5.38. The number of rotatable bonds is 2. The average Bonchev–Trinajstić information content (AvgIpc) is 2.97. The van der Waals surface area contributed by atoms with E-state index in [1.54, 1.807) is 0 Å². The van der Waals surface area contributed by atoms with E-state index in [0.717, 1.165) is 24.7 Å². The first kappa shape index (κ1) is 12.2. The van der Waals surface area contributed by atoms with Crippen LogP contribution in [0.25, 0.3) is 0 Å². The Morgan fingerprint density at radius 3 is 2.84 bits per heavy atom. The molecule has 1 aliphatic rings. The summed E-state index contributed by atoms with van der Waals surface area (Å²) in [7, 11) is 0. The molecule has 1 atom stereocenters. The van der Waals surface area contributed by atoms with Crippen LogP contribution in [0.2, 0.25) is 0 Å². The van der Waals surface area contributed by atoms with Gasteiger partial charge in [0, 0.05) is 30.0 Å². The van der Waals surface area contributed by atoms with Gasteiger partial charge in [-0.05, 0) is 11.6 Å². The van der Waals surface area contributed by atoms with Gasteiger partial charge in [0.2, 0.25) is 5.89 Å². The molecule has 100 valence electrons. The highest BCUT2D eigenvalue weighted by Crippen LogP contribution is 2.33. The molecule has 0 saturated heterocycles. The quantitative estimate of drug-likeness (QED) is 0.898. The van der Waals surface area contributed by atoms with Gasteiger partial charge < -0.3 is 9.84 Å². The number of aromatic nitrogens is 2. The van der Waals surface area contributed by atoms with Gasteiger partial charge in [-0.1, -0.05) is 44.1 Å². The van der Waals surface area contributed by atoms with Crippen LogP contribution >= 0.6 is 0 Å². The Morgan fingerprint density at radius 1 is 1.32 bits per heavy atom. The van der Waals surface area contributed by atoms with E-state index in [1.807, 2.05) is 0 Å². The molecule has 0 bridgehead atoms. The lowest BCUT2D eigenvalue weighted by Crippen LogP contribution is -2.13. The van der Waals surface area contributed by atoms with Gasteiger partial charge in [-0.25, -0.2) is 0 Å². The summed E-state index contributed by atoms with van der Waals surface area (Å²) in [6.07, 6.45) is 0.799. The van der Waals surface area contributed by atoms with Crippen LogP contribution in [0.4, 0.5) is 5.69 Å². The summed E-state index contributed by atoms with van der Waals surface area (Å²) < 4.78 is 5.38. The summed E-state index contributed by atoms with van der Waals surface area (Å²) in [5, 5.41) is 7.50. The van der Waals surface area contributed by atoms with E-state index in [2.05, 4.69) is 60.5 Å². The van der Waals surface area contributed by atoms with E-state index in [0.29, 0.717) is 5.92 Å². The minimum Gasteiger partial charge on any atom is -0.384 e. The van der Waals surface area contributed by atoms with Gasteiger partial charge in [0.05, 0.1) is 0 Å². The lowest BCUT2D eigenvalue weighted by atomic mass is 9.96. The molecule has 0 spiro atoms. The fourth-order valence-corrected chi connectivity index (χ4v) is 2.39. The van der Waals surface area contributed by atoms with Gasteiger partial charge in [0.15, 0.2) is 5.82 Å². The van der Waals surface area contributed by atoms with Gasteiger partial charge in [-0.15, -0.1) is 0 Å². The van der Waals surface area contributed by atoms with Gasteiger partial charge in [0.1, 0.15) is 0 Å². The minimum atomic E-state index is -0.0619. The number of hydrogen-bond donors (Lipinski definition) is 1. The van der Waals surface area contributed by atoms with Gasteiger partial charge in [-0.3, -0.25) is 0 Å². The van der Waals surface area contributed by atoms with Crippen molar-refractivity contribution in [3.8, 4) is 0 Å². The van der Waals surface area contributed by atoms with Crippen LogP contribution in [0.5, 0.6) is 0 Å². The zero-order valence-electron chi connectivity index (χ0n) is 11.6. The molecule has 0 aliphatic carbocycles. The van der Waals surface area contributed by atoms with Crippen molar-refractivity contribution in [3.63, 3.8) is 0 Å². The Hall–Kier alpha value is -1.84. The molecule has 2 heterocycles. The minimum absolute atomic E-state index is 0.0619. The molecule has 1 aromatic heterocycles. The second-order valence-corrected chi connectivity index (χ2v) is 6.13. The first-order valence-corrected chi connectivity index (χ1v) is 6.70. The molecule has 1 N–H and O–H groups in total. The Kier molecular flexibility index (Phi) is 2.81. The molecule has 19 heavy (non-hydrogen) atoms. The van der Waals surface area contributed by atoms with Crippen LogP contribution in [0.15, 0.2) is 28.8 Å². The number of anilines is 1. The predicted octanol–water partition coefficient (Wildman–Crippen LogP) is 3.12. The van der Waals surface area contributed by atoms with Gasteiger partial charge in [0.25, 0.3) is 0 Å². The van der Waals surface area contributed by atoms with Crippen molar-refractivity contribution >= 4 is 5.69 Å². The highest BCUT2D eigenvalue weighted by Gasteiger charge is 2.26. The van der Waals surface area contributed by atoms with E-state index in [1.165, 1.54) is 11.3 Å². The van der Waals surface area contributed by atoms with Crippen molar-refractivity contribution in [1.29, 1.82) is 0 Å². The average molecular weight is 257 g/mol.